The van der Waals surface area contributed by atoms with E-state index in [1.807, 2.05) is 60.7 Å². The van der Waals surface area contributed by atoms with E-state index in [1.165, 1.54) is 0 Å². The quantitative estimate of drug-likeness (QED) is 0.688. The molecule has 0 aliphatic carbocycles. The maximum Gasteiger partial charge on any atom is 0.187 e. The lowest BCUT2D eigenvalue weighted by molar-refractivity contribution is -0.314. The van der Waals surface area contributed by atoms with E-state index in [0.717, 1.165) is 11.1 Å². The first-order valence-electron chi connectivity index (χ1n) is 8.62. The van der Waals surface area contributed by atoms with Crippen molar-refractivity contribution in [3.05, 3.63) is 71.8 Å². The lowest BCUT2D eigenvalue weighted by Gasteiger charge is -2.41. The third kappa shape index (κ3) is 4.67. The first-order valence-corrected chi connectivity index (χ1v) is 8.62. The van der Waals surface area contributed by atoms with E-state index in [1.54, 1.807) is 0 Å². The highest BCUT2D eigenvalue weighted by atomic mass is 16.7. The van der Waals surface area contributed by atoms with Gasteiger partial charge in [-0.05, 0) is 11.1 Å². The summed E-state index contributed by atoms with van der Waals surface area (Å²) < 4.78 is 17.2. The van der Waals surface area contributed by atoms with Gasteiger partial charge in [-0.1, -0.05) is 60.7 Å². The maximum atomic E-state index is 10.4. The second kappa shape index (κ2) is 9.23. The molecule has 5 atom stereocenters. The minimum atomic E-state index is -1.25. The molecule has 1 aliphatic heterocycles. The van der Waals surface area contributed by atoms with Crippen LogP contribution < -0.4 is 0 Å². The van der Waals surface area contributed by atoms with Crippen LogP contribution in [0.5, 0.6) is 0 Å². The van der Waals surface area contributed by atoms with Gasteiger partial charge in [0.2, 0.25) is 0 Å². The number of hydrogen-bond donors (Lipinski definition) is 3. The van der Waals surface area contributed by atoms with Crippen LogP contribution in [0.3, 0.4) is 0 Å². The van der Waals surface area contributed by atoms with Crippen LogP contribution in [0, 0.1) is 0 Å². The predicted molar refractivity (Wildman–Crippen MR) is 94.0 cm³/mol. The Balaban J connectivity index is 1.68. The van der Waals surface area contributed by atoms with E-state index in [-0.39, 0.29) is 13.2 Å². The summed E-state index contributed by atoms with van der Waals surface area (Å²) in [6.07, 6.45) is -5.20. The van der Waals surface area contributed by atoms with Crippen LogP contribution in [0.2, 0.25) is 0 Å². The molecule has 6 nitrogen and oxygen atoms in total. The van der Waals surface area contributed by atoms with Gasteiger partial charge in [-0.3, -0.25) is 0 Å². The Kier molecular flexibility index (Phi) is 6.73. The molecule has 1 aliphatic rings. The van der Waals surface area contributed by atoms with Gasteiger partial charge in [0.25, 0.3) is 0 Å². The van der Waals surface area contributed by atoms with Crippen LogP contribution >= 0.6 is 0 Å². The highest BCUT2D eigenvalue weighted by Gasteiger charge is 2.45. The molecule has 0 amide bonds. The zero-order valence-corrected chi connectivity index (χ0v) is 14.3. The molecular weight excluding hydrogens is 336 g/mol. The summed E-state index contributed by atoms with van der Waals surface area (Å²) in [6.45, 7) is 0.0835. The Morgan fingerprint density at radius 1 is 0.769 bits per heavy atom. The number of ether oxygens (including phenoxy) is 3. The zero-order valence-electron chi connectivity index (χ0n) is 14.3. The van der Waals surface area contributed by atoms with Gasteiger partial charge in [-0.15, -0.1) is 0 Å². The van der Waals surface area contributed by atoms with Crippen LogP contribution in [0.1, 0.15) is 11.1 Å². The van der Waals surface area contributed by atoms with E-state index in [2.05, 4.69) is 0 Å². The van der Waals surface area contributed by atoms with Gasteiger partial charge in [0.05, 0.1) is 19.8 Å². The Bertz CT molecular complexity index is 650. The lowest BCUT2D eigenvalue weighted by atomic mass is 9.99. The fourth-order valence-corrected chi connectivity index (χ4v) is 2.89. The molecule has 1 fully saturated rings. The summed E-state index contributed by atoms with van der Waals surface area (Å²) in [7, 11) is 0. The summed E-state index contributed by atoms with van der Waals surface area (Å²) >= 11 is 0. The maximum absolute atomic E-state index is 10.4. The van der Waals surface area contributed by atoms with Crippen molar-refractivity contribution in [2.45, 2.75) is 43.9 Å². The highest BCUT2D eigenvalue weighted by Crippen LogP contribution is 2.26. The minimum absolute atomic E-state index is 0.244. The van der Waals surface area contributed by atoms with Crippen LogP contribution in [0.4, 0.5) is 0 Å². The first-order chi connectivity index (χ1) is 12.7. The fourth-order valence-electron chi connectivity index (χ4n) is 2.89. The van der Waals surface area contributed by atoms with Gasteiger partial charge in [0, 0.05) is 0 Å². The molecule has 6 heteroatoms. The van der Waals surface area contributed by atoms with E-state index in [9.17, 15) is 15.3 Å². The molecule has 140 valence electrons. The summed E-state index contributed by atoms with van der Waals surface area (Å²) in [4.78, 5) is 0. The first kappa shape index (κ1) is 19.0. The van der Waals surface area contributed by atoms with E-state index in [0.29, 0.717) is 0 Å². The third-order valence-corrected chi connectivity index (χ3v) is 4.37. The minimum Gasteiger partial charge on any atom is -0.394 e. The van der Waals surface area contributed by atoms with Crippen LogP contribution in [-0.2, 0) is 27.4 Å². The molecule has 0 saturated carbocycles. The fraction of sp³-hybridized carbons (Fsp3) is 0.400. The van der Waals surface area contributed by atoms with Gasteiger partial charge in [0.1, 0.15) is 24.4 Å². The number of hydrogen-bond acceptors (Lipinski definition) is 6. The average molecular weight is 360 g/mol. The van der Waals surface area contributed by atoms with Crippen molar-refractivity contribution < 1.29 is 29.5 Å². The predicted octanol–water partition coefficient (Wildman–Crippen LogP) is 1.23. The Morgan fingerprint density at radius 3 is 1.85 bits per heavy atom. The van der Waals surface area contributed by atoms with E-state index < -0.39 is 37.3 Å². The van der Waals surface area contributed by atoms with E-state index >= 15 is 0 Å². The number of aliphatic hydroxyl groups is 3. The van der Waals surface area contributed by atoms with Crippen LogP contribution in [0.15, 0.2) is 60.7 Å². The Morgan fingerprint density at radius 2 is 1.31 bits per heavy atom. The Labute approximate surface area is 152 Å². The molecule has 2 aromatic carbocycles. The zero-order chi connectivity index (χ0) is 18.4. The summed E-state index contributed by atoms with van der Waals surface area (Å²) in [5, 5.41) is 30.0. The Hall–Kier alpha value is -1.80. The van der Waals surface area contributed by atoms with Gasteiger partial charge >= 0.3 is 0 Å². The van der Waals surface area contributed by atoms with Crippen LogP contribution in [0.25, 0.3) is 0 Å². The lowest BCUT2D eigenvalue weighted by Crippen LogP contribution is -2.59. The van der Waals surface area contributed by atoms with Gasteiger partial charge in [-0.25, -0.2) is 0 Å². The van der Waals surface area contributed by atoms with Crippen molar-refractivity contribution in [1.82, 2.24) is 0 Å². The van der Waals surface area contributed by atoms with Crippen molar-refractivity contribution in [2.75, 3.05) is 6.61 Å². The molecule has 1 heterocycles. The van der Waals surface area contributed by atoms with Crippen molar-refractivity contribution in [2.24, 2.45) is 0 Å². The van der Waals surface area contributed by atoms with Crippen molar-refractivity contribution in [3.63, 3.8) is 0 Å². The van der Waals surface area contributed by atoms with Crippen molar-refractivity contribution in [3.8, 4) is 0 Å². The third-order valence-electron chi connectivity index (χ3n) is 4.37. The highest BCUT2D eigenvalue weighted by molar-refractivity contribution is 5.14. The van der Waals surface area contributed by atoms with Crippen LogP contribution in [-0.4, -0.2) is 52.6 Å². The topological polar surface area (TPSA) is 88.4 Å². The van der Waals surface area contributed by atoms with E-state index in [4.69, 9.17) is 14.2 Å². The second-order valence-corrected chi connectivity index (χ2v) is 6.26. The smallest absolute Gasteiger partial charge is 0.187 e. The molecule has 3 N–H and O–H groups in total. The van der Waals surface area contributed by atoms with Crippen molar-refractivity contribution >= 4 is 0 Å². The molecule has 3 rings (SSSR count). The second-order valence-electron chi connectivity index (χ2n) is 6.26. The normalized spacial score (nSPS) is 28.8. The molecule has 0 bridgehead atoms. The molecular formula is C20H24O6. The number of benzene rings is 2. The molecule has 26 heavy (non-hydrogen) atoms. The molecule has 0 spiro atoms. The molecule has 0 aromatic heterocycles. The number of rotatable bonds is 7. The standard InChI is InChI=1S/C20H24O6/c21-11-16-17(22)18(23)19(24-12-14-7-3-1-4-8-14)20(26-16)25-13-15-9-5-2-6-10-15/h1-10,16-23H,11-13H2/t16-,17-,18+,19-,20-/m1/s1. The largest absolute Gasteiger partial charge is 0.394 e. The number of aliphatic hydroxyl groups excluding tert-OH is 3. The monoisotopic (exact) mass is 360 g/mol. The summed E-state index contributed by atoms with van der Waals surface area (Å²) in [5.41, 5.74) is 1.87. The summed E-state index contributed by atoms with van der Waals surface area (Å²) in [5.74, 6) is 0. The summed E-state index contributed by atoms with van der Waals surface area (Å²) in [6, 6.07) is 19.1. The SMILES string of the molecule is OC[C@H]1O[C@@H](OCc2ccccc2)[C@H](OCc2ccccc2)[C@@H](O)[C@@H]1O. The van der Waals surface area contributed by atoms with Crippen molar-refractivity contribution in [1.29, 1.82) is 0 Å². The molecule has 0 radical (unpaired) electrons. The molecule has 0 unspecified atom stereocenters. The van der Waals surface area contributed by atoms with Gasteiger partial charge in [0.15, 0.2) is 6.29 Å². The average Bonchev–Trinajstić information content (AvgIpc) is 2.69. The molecule has 2 aromatic rings. The van der Waals surface area contributed by atoms with Gasteiger partial charge in [-0.2, -0.15) is 0 Å². The molecule has 1 saturated heterocycles. The van der Waals surface area contributed by atoms with Gasteiger partial charge < -0.3 is 29.5 Å².